The Morgan fingerprint density at radius 3 is 1.43 bits per heavy atom. The molecule has 0 amide bonds. The molecule has 0 unspecified atom stereocenters. The first-order valence-corrected chi connectivity index (χ1v) is 9.95. The van der Waals surface area contributed by atoms with Crippen molar-refractivity contribution in [2.75, 3.05) is 13.1 Å². The van der Waals surface area contributed by atoms with Crippen molar-refractivity contribution >= 4 is 0 Å². The zero-order valence-corrected chi connectivity index (χ0v) is 15.8. The first-order valence-electron chi connectivity index (χ1n) is 9.95. The third-order valence-electron chi connectivity index (χ3n) is 5.11. The van der Waals surface area contributed by atoms with E-state index < -0.39 is 0 Å². The van der Waals surface area contributed by atoms with Gasteiger partial charge in [-0.3, -0.25) is 4.90 Å². The van der Waals surface area contributed by atoms with Crippen LogP contribution in [0.2, 0.25) is 0 Å². The fourth-order valence-corrected chi connectivity index (χ4v) is 4.09. The van der Waals surface area contributed by atoms with Gasteiger partial charge in [0, 0.05) is 5.54 Å². The van der Waals surface area contributed by atoms with E-state index in [4.69, 9.17) is 0 Å². The molecule has 0 saturated heterocycles. The average molecular weight is 298 g/mol. The van der Waals surface area contributed by atoms with E-state index in [0.29, 0.717) is 5.54 Å². The highest BCUT2D eigenvalue weighted by Gasteiger charge is 2.32. The lowest BCUT2D eigenvalue weighted by molar-refractivity contribution is 0.0663. The molecule has 0 aliphatic carbocycles. The minimum absolute atomic E-state index is 0.496. The normalized spacial score (nSPS) is 12.3. The van der Waals surface area contributed by atoms with Gasteiger partial charge in [0.05, 0.1) is 0 Å². The molecule has 1 heteroatoms. The SMILES string of the molecule is CCCCCCCCCC(CCC)(CCC)N(CC)CC. The Hall–Kier alpha value is -0.0400. The van der Waals surface area contributed by atoms with Crippen LogP contribution >= 0.6 is 0 Å². The van der Waals surface area contributed by atoms with Crippen molar-refractivity contribution < 1.29 is 0 Å². The molecule has 0 atom stereocenters. The van der Waals surface area contributed by atoms with Gasteiger partial charge in [0.25, 0.3) is 0 Å². The van der Waals surface area contributed by atoms with Gasteiger partial charge in [0.15, 0.2) is 0 Å². The summed E-state index contributed by atoms with van der Waals surface area (Å²) in [4.78, 5) is 2.76. The fourth-order valence-electron chi connectivity index (χ4n) is 4.09. The van der Waals surface area contributed by atoms with E-state index in [2.05, 4.69) is 39.5 Å². The van der Waals surface area contributed by atoms with Gasteiger partial charge in [-0.05, 0) is 32.4 Å². The molecule has 0 aliphatic heterocycles. The lowest BCUT2D eigenvalue weighted by Crippen LogP contribution is -2.48. The van der Waals surface area contributed by atoms with Crippen LogP contribution in [0, 0.1) is 0 Å². The highest BCUT2D eigenvalue weighted by molar-refractivity contribution is 4.89. The van der Waals surface area contributed by atoms with E-state index in [9.17, 15) is 0 Å². The van der Waals surface area contributed by atoms with Crippen LogP contribution in [-0.2, 0) is 0 Å². The van der Waals surface area contributed by atoms with Crippen LogP contribution in [0.25, 0.3) is 0 Å². The Labute approximate surface area is 135 Å². The predicted octanol–water partition coefficient (Wildman–Crippen LogP) is 6.81. The third-order valence-corrected chi connectivity index (χ3v) is 5.11. The summed E-state index contributed by atoms with van der Waals surface area (Å²) in [5.41, 5.74) is 0.496. The number of nitrogens with zero attached hydrogens (tertiary/aromatic N) is 1. The first-order chi connectivity index (χ1) is 10.2. The van der Waals surface area contributed by atoms with Crippen molar-refractivity contribution in [3.05, 3.63) is 0 Å². The van der Waals surface area contributed by atoms with Crippen LogP contribution in [0.3, 0.4) is 0 Å². The van der Waals surface area contributed by atoms with Gasteiger partial charge in [-0.15, -0.1) is 0 Å². The molecule has 0 bridgehead atoms. The Kier molecular flexibility index (Phi) is 13.6. The zero-order chi connectivity index (χ0) is 16.0. The molecule has 0 rings (SSSR count). The van der Waals surface area contributed by atoms with Crippen molar-refractivity contribution in [1.29, 1.82) is 0 Å². The Balaban J connectivity index is 4.31. The van der Waals surface area contributed by atoms with Gasteiger partial charge in [-0.2, -0.15) is 0 Å². The van der Waals surface area contributed by atoms with Gasteiger partial charge in [0.1, 0.15) is 0 Å². The van der Waals surface area contributed by atoms with Crippen LogP contribution in [0.4, 0.5) is 0 Å². The number of hydrogen-bond donors (Lipinski definition) is 0. The summed E-state index contributed by atoms with van der Waals surface area (Å²) in [6.45, 7) is 14.1. The smallest absolute Gasteiger partial charge is 0.0209 e. The van der Waals surface area contributed by atoms with Crippen molar-refractivity contribution in [3.63, 3.8) is 0 Å². The highest BCUT2D eigenvalue weighted by atomic mass is 15.2. The summed E-state index contributed by atoms with van der Waals surface area (Å²) < 4.78 is 0. The fraction of sp³-hybridized carbons (Fsp3) is 1.00. The van der Waals surface area contributed by atoms with Crippen LogP contribution in [0.1, 0.15) is 112 Å². The number of rotatable bonds is 15. The highest BCUT2D eigenvalue weighted by Crippen LogP contribution is 2.33. The minimum atomic E-state index is 0.496. The second-order valence-corrected chi connectivity index (χ2v) is 6.77. The summed E-state index contributed by atoms with van der Waals surface area (Å²) >= 11 is 0. The molecule has 128 valence electrons. The lowest BCUT2D eigenvalue weighted by atomic mass is 9.81. The third kappa shape index (κ3) is 8.24. The molecule has 0 saturated carbocycles. The quantitative estimate of drug-likeness (QED) is 0.300. The Bertz CT molecular complexity index is 202. The predicted molar refractivity (Wildman–Crippen MR) is 98.1 cm³/mol. The van der Waals surface area contributed by atoms with Gasteiger partial charge >= 0.3 is 0 Å². The van der Waals surface area contributed by atoms with Gasteiger partial charge in [-0.1, -0.05) is 92.4 Å². The van der Waals surface area contributed by atoms with Crippen LogP contribution in [-0.4, -0.2) is 23.5 Å². The van der Waals surface area contributed by atoms with Gasteiger partial charge in [0.2, 0.25) is 0 Å². The molecule has 0 aromatic rings. The van der Waals surface area contributed by atoms with Crippen molar-refractivity contribution in [2.24, 2.45) is 0 Å². The van der Waals surface area contributed by atoms with Gasteiger partial charge < -0.3 is 0 Å². The van der Waals surface area contributed by atoms with Crippen molar-refractivity contribution in [1.82, 2.24) is 4.90 Å². The van der Waals surface area contributed by atoms with E-state index in [0.717, 1.165) is 0 Å². The van der Waals surface area contributed by atoms with Crippen molar-refractivity contribution in [3.8, 4) is 0 Å². The molecule has 1 nitrogen and oxygen atoms in total. The maximum absolute atomic E-state index is 2.76. The summed E-state index contributed by atoms with van der Waals surface area (Å²) in [5, 5.41) is 0. The van der Waals surface area contributed by atoms with Crippen LogP contribution < -0.4 is 0 Å². The molecular formula is C20H43N. The Morgan fingerprint density at radius 1 is 0.524 bits per heavy atom. The van der Waals surface area contributed by atoms with Crippen molar-refractivity contribution in [2.45, 2.75) is 117 Å². The molecule has 0 heterocycles. The van der Waals surface area contributed by atoms with Gasteiger partial charge in [-0.25, -0.2) is 0 Å². The largest absolute Gasteiger partial charge is 0.298 e. The maximum Gasteiger partial charge on any atom is 0.0209 e. The van der Waals surface area contributed by atoms with E-state index in [-0.39, 0.29) is 0 Å². The molecule has 0 radical (unpaired) electrons. The Morgan fingerprint density at radius 2 is 1.00 bits per heavy atom. The molecule has 0 N–H and O–H groups in total. The average Bonchev–Trinajstić information content (AvgIpc) is 2.48. The second-order valence-electron chi connectivity index (χ2n) is 6.77. The van der Waals surface area contributed by atoms with E-state index >= 15 is 0 Å². The molecule has 21 heavy (non-hydrogen) atoms. The summed E-state index contributed by atoms with van der Waals surface area (Å²) in [5.74, 6) is 0. The molecule has 0 aliphatic rings. The summed E-state index contributed by atoms with van der Waals surface area (Å²) in [7, 11) is 0. The minimum Gasteiger partial charge on any atom is -0.298 e. The maximum atomic E-state index is 2.76. The van der Waals surface area contributed by atoms with Crippen LogP contribution in [0.5, 0.6) is 0 Å². The zero-order valence-electron chi connectivity index (χ0n) is 15.8. The van der Waals surface area contributed by atoms with E-state index in [1.54, 1.807) is 0 Å². The second kappa shape index (κ2) is 13.6. The standard InChI is InChI=1S/C20H43N/c1-6-11-12-13-14-15-16-19-20(17-7-2,18-8-3)21(9-4)10-5/h6-19H2,1-5H3. The monoisotopic (exact) mass is 297 g/mol. The van der Waals surface area contributed by atoms with E-state index in [1.807, 2.05) is 0 Å². The summed E-state index contributed by atoms with van der Waals surface area (Å²) in [6, 6.07) is 0. The van der Waals surface area contributed by atoms with E-state index in [1.165, 1.54) is 90.1 Å². The summed E-state index contributed by atoms with van der Waals surface area (Å²) in [6.07, 6.45) is 16.9. The number of unbranched alkanes of at least 4 members (excludes halogenated alkanes) is 6. The topological polar surface area (TPSA) is 3.24 Å². The molecule has 0 aromatic heterocycles. The first kappa shape index (κ1) is 21.0. The molecule has 0 fully saturated rings. The lowest BCUT2D eigenvalue weighted by Gasteiger charge is -2.44. The molecule has 0 aromatic carbocycles. The molecule has 0 spiro atoms. The van der Waals surface area contributed by atoms with Crippen LogP contribution in [0.15, 0.2) is 0 Å². The molecular weight excluding hydrogens is 254 g/mol. The number of hydrogen-bond acceptors (Lipinski definition) is 1.